The van der Waals surface area contributed by atoms with Crippen LogP contribution in [0.2, 0.25) is 0 Å². The highest BCUT2D eigenvalue weighted by atomic mass is 16.5. The van der Waals surface area contributed by atoms with Crippen LogP contribution in [-0.2, 0) is 6.54 Å². The lowest BCUT2D eigenvalue weighted by Gasteiger charge is -2.13. The molecule has 0 spiro atoms. The summed E-state index contributed by atoms with van der Waals surface area (Å²) in [7, 11) is 1.55. The number of methoxy groups -OCH3 is 1. The van der Waals surface area contributed by atoms with Crippen LogP contribution in [0, 0.1) is 6.92 Å². The highest BCUT2D eigenvalue weighted by molar-refractivity contribution is 5.94. The van der Waals surface area contributed by atoms with Gasteiger partial charge in [0.1, 0.15) is 11.5 Å². The van der Waals surface area contributed by atoms with Crippen molar-refractivity contribution in [2.24, 2.45) is 5.73 Å². The van der Waals surface area contributed by atoms with Crippen LogP contribution >= 0.6 is 0 Å². The Kier molecular flexibility index (Phi) is 4.33. The SMILES string of the molecule is COc1ccc(C(N)=O)cc1NCc1cccc(C)c1O. The van der Waals surface area contributed by atoms with Crippen molar-refractivity contribution in [3.05, 3.63) is 53.1 Å². The molecule has 2 rings (SSSR count). The first-order chi connectivity index (χ1) is 10.0. The minimum atomic E-state index is -0.501. The van der Waals surface area contributed by atoms with Gasteiger partial charge in [0.05, 0.1) is 12.8 Å². The molecule has 5 heteroatoms. The molecule has 21 heavy (non-hydrogen) atoms. The summed E-state index contributed by atoms with van der Waals surface area (Å²) in [5, 5.41) is 13.2. The van der Waals surface area contributed by atoms with E-state index in [1.807, 2.05) is 25.1 Å². The van der Waals surface area contributed by atoms with Crippen LogP contribution in [0.15, 0.2) is 36.4 Å². The first-order valence-electron chi connectivity index (χ1n) is 6.52. The molecule has 0 radical (unpaired) electrons. The monoisotopic (exact) mass is 286 g/mol. The minimum absolute atomic E-state index is 0.259. The van der Waals surface area contributed by atoms with Gasteiger partial charge in [-0.1, -0.05) is 18.2 Å². The van der Waals surface area contributed by atoms with Crippen molar-refractivity contribution >= 4 is 11.6 Å². The van der Waals surface area contributed by atoms with E-state index in [1.165, 1.54) is 0 Å². The second-order valence-electron chi connectivity index (χ2n) is 4.72. The van der Waals surface area contributed by atoms with Crippen molar-refractivity contribution in [2.75, 3.05) is 12.4 Å². The number of primary amides is 1. The third-order valence-electron chi connectivity index (χ3n) is 3.27. The number of para-hydroxylation sites is 1. The lowest BCUT2D eigenvalue weighted by atomic mass is 10.1. The molecule has 110 valence electrons. The Hall–Kier alpha value is -2.69. The van der Waals surface area contributed by atoms with Crippen LogP contribution in [-0.4, -0.2) is 18.1 Å². The van der Waals surface area contributed by atoms with Gasteiger partial charge in [-0.05, 0) is 30.7 Å². The molecular weight excluding hydrogens is 268 g/mol. The molecule has 5 nitrogen and oxygen atoms in total. The number of amides is 1. The van der Waals surface area contributed by atoms with Crippen LogP contribution in [0.5, 0.6) is 11.5 Å². The Morgan fingerprint density at radius 2 is 2.10 bits per heavy atom. The molecular formula is C16H18N2O3. The Morgan fingerprint density at radius 1 is 1.33 bits per heavy atom. The Balaban J connectivity index is 2.24. The second-order valence-corrected chi connectivity index (χ2v) is 4.72. The number of ether oxygens (including phenoxy) is 1. The molecule has 2 aromatic carbocycles. The number of nitrogens with two attached hydrogens (primary N) is 1. The minimum Gasteiger partial charge on any atom is -0.507 e. The van der Waals surface area contributed by atoms with Crippen molar-refractivity contribution in [3.63, 3.8) is 0 Å². The van der Waals surface area contributed by atoms with Crippen molar-refractivity contribution in [2.45, 2.75) is 13.5 Å². The number of hydrogen-bond donors (Lipinski definition) is 3. The number of benzene rings is 2. The standard InChI is InChI=1S/C16H18N2O3/c1-10-4-3-5-12(15(10)19)9-18-13-8-11(16(17)20)6-7-14(13)21-2/h3-8,18-19H,9H2,1-2H3,(H2,17,20). The van der Waals surface area contributed by atoms with Crippen LogP contribution in [0.1, 0.15) is 21.5 Å². The molecule has 0 heterocycles. The number of anilines is 1. The molecule has 0 aliphatic heterocycles. The first kappa shape index (κ1) is 14.7. The van der Waals surface area contributed by atoms with Gasteiger partial charge in [-0.15, -0.1) is 0 Å². The lowest BCUT2D eigenvalue weighted by Crippen LogP contribution is -2.12. The maximum atomic E-state index is 11.2. The molecule has 0 bridgehead atoms. The number of phenolic OH excluding ortho intramolecular Hbond substituents is 1. The Labute approximate surface area is 123 Å². The maximum absolute atomic E-state index is 11.2. The molecule has 0 aromatic heterocycles. The number of carbonyl (C=O) groups is 1. The van der Waals surface area contributed by atoms with E-state index in [2.05, 4.69) is 5.32 Å². The van der Waals surface area contributed by atoms with E-state index in [0.717, 1.165) is 11.1 Å². The van der Waals surface area contributed by atoms with E-state index >= 15 is 0 Å². The number of phenols is 1. The van der Waals surface area contributed by atoms with Crippen LogP contribution in [0.25, 0.3) is 0 Å². The molecule has 0 aliphatic carbocycles. The zero-order valence-corrected chi connectivity index (χ0v) is 12.0. The quantitative estimate of drug-likeness (QED) is 0.788. The van der Waals surface area contributed by atoms with E-state index in [-0.39, 0.29) is 5.75 Å². The van der Waals surface area contributed by atoms with Gasteiger partial charge >= 0.3 is 0 Å². The summed E-state index contributed by atoms with van der Waals surface area (Å²) in [5.74, 6) is 0.362. The highest BCUT2D eigenvalue weighted by Gasteiger charge is 2.09. The lowest BCUT2D eigenvalue weighted by molar-refractivity contribution is 0.100. The smallest absolute Gasteiger partial charge is 0.248 e. The fraction of sp³-hybridized carbons (Fsp3) is 0.188. The topological polar surface area (TPSA) is 84.6 Å². The summed E-state index contributed by atoms with van der Waals surface area (Å²) < 4.78 is 5.25. The van der Waals surface area contributed by atoms with Crippen LogP contribution in [0.4, 0.5) is 5.69 Å². The predicted molar refractivity (Wildman–Crippen MR) is 81.7 cm³/mol. The Bertz CT molecular complexity index is 669. The predicted octanol–water partition coefficient (Wildman–Crippen LogP) is 2.42. The number of aryl methyl sites for hydroxylation is 1. The molecule has 1 amide bonds. The van der Waals surface area contributed by atoms with E-state index in [4.69, 9.17) is 10.5 Å². The zero-order valence-electron chi connectivity index (χ0n) is 12.0. The first-order valence-corrected chi connectivity index (χ1v) is 6.52. The van der Waals surface area contributed by atoms with Crippen molar-refractivity contribution in [3.8, 4) is 11.5 Å². The van der Waals surface area contributed by atoms with Crippen LogP contribution in [0.3, 0.4) is 0 Å². The molecule has 0 saturated heterocycles. The summed E-state index contributed by atoms with van der Waals surface area (Å²) in [6.45, 7) is 2.25. The zero-order chi connectivity index (χ0) is 15.4. The van der Waals surface area contributed by atoms with E-state index < -0.39 is 5.91 Å². The fourth-order valence-electron chi connectivity index (χ4n) is 2.05. The number of rotatable bonds is 5. The second kappa shape index (κ2) is 6.17. The van der Waals surface area contributed by atoms with Crippen molar-refractivity contribution in [1.82, 2.24) is 0 Å². The summed E-state index contributed by atoms with van der Waals surface area (Å²) >= 11 is 0. The fourth-order valence-corrected chi connectivity index (χ4v) is 2.05. The molecule has 2 aromatic rings. The summed E-state index contributed by atoms with van der Waals surface area (Å²) in [5.41, 5.74) is 7.90. The van der Waals surface area contributed by atoms with Gasteiger partial charge in [0.2, 0.25) is 5.91 Å². The van der Waals surface area contributed by atoms with Crippen LogP contribution < -0.4 is 15.8 Å². The van der Waals surface area contributed by atoms with Gasteiger partial charge in [0.15, 0.2) is 0 Å². The van der Waals surface area contributed by atoms with Crippen molar-refractivity contribution < 1.29 is 14.6 Å². The molecule has 0 unspecified atom stereocenters. The number of carbonyl (C=O) groups excluding carboxylic acids is 1. The molecule has 0 atom stereocenters. The average Bonchev–Trinajstić information content (AvgIpc) is 2.48. The van der Waals surface area contributed by atoms with Crippen molar-refractivity contribution in [1.29, 1.82) is 0 Å². The van der Waals surface area contributed by atoms with Gasteiger partial charge in [-0.2, -0.15) is 0 Å². The van der Waals surface area contributed by atoms with E-state index in [0.29, 0.717) is 23.5 Å². The van der Waals surface area contributed by atoms with Gasteiger partial charge in [0.25, 0.3) is 0 Å². The molecule has 0 saturated carbocycles. The number of hydrogen-bond acceptors (Lipinski definition) is 4. The van der Waals surface area contributed by atoms with Gasteiger partial charge < -0.3 is 20.9 Å². The highest BCUT2D eigenvalue weighted by Crippen LogP contribution is 2.28. The molecule has 4 N–H and O–H groups in total. The van der Waals surface area contributed by atoms with E-state index in [1.54, 1.807) is 25.3 Å². The summed E-state index contributed by atoms with van der Waals surface area (Å²) in [6.07, 6.45) is 0. The van der Waals surface area contributed by atoms with Gasteiger partial charge in [0, 0.05) is 17.7 Å². The number of nitrogens with one attached hydrogen (secondary N) is 1. The number of aromatic hydroxyl groups is 1. The van der Waals surface area contributed by atoms with Gasteiger partial charge in [-0.25, -0.2) is 0 Å². The van der Waals surface area contributed by atoms with E-state index in [9.17, 15) is 9.90 Å². The molecule has 0 aliphatic rings. The summed E-state index contributed by atoms with van der Waals surface area (Å²) in [6, 6.07) is 10.5. The normalized spacial score (nSPS) is 10.2. The largest absolute Gasteiger partial charge is 0.507 e. The third-order valence-corrected chi connectivity index (χ3v) is 3.27. The average molecular weight is 286 g/mol. The Morgan fingerprint density at radius 3 is 2.76 bits per heavy atom. The maximum Gasteiger partial charge on any atom is 0.248 e. The summed E-state index contributed by atoms with van der Waals surface area (Å²) in [4.78, 5) is 11.2. The van der Waals surface area contributed by atoms with Gasteiger partial charge in [-0.3, -0.25) is 4.79 Å². The third kappa shape index (κ3) is 3.25. The molecule has 0 fully saturated rings.